The summed E-state index contributed by atoms with van der Waals surface area (Å²) in [7, 11) is 0. The van der Waals surface area contributed by atoms with Gasteiger partial charge in [-0.05, 0) is 54.1 Å². The smallest absolute Gasteiger partial charge is 0.252 e. The second-order valence-electron chi connectivity index (χ2n) is 4.05. The van der Waals surface area contributed by atoms with Crippen molar-refractivity contribution in [3.8, 4) is 0 Å². The number of rotatable bonds is 3. The molecule has 0 aliphatic rings. The van der Waals surface area contributed by atoms with E-state index < -0.39 is 0 Å². The molecule has 2 aromatic rings. The molecule has 0 saturated carbocycles. The highest BCUT2D eigenvalue weighted by molar-refractivity contribution is 14.1. The van der Waals surface area contributed by atoms with Crippen LogP contribution in [-0.4, -0.2) is 15.7 Å². The van der Waals surface area contributed by atoms with Crippen LogP contribution in [0.2, 0.25) is 0 Å². The molecule has 0 saturated heterocycles. The van der Waals surface area contributed by atoms with Crippen LogP contribution in [0.25, 0.3) is 0 Å². The SMILES string of the molecule is C/C(=N/Nc1nc(C)cc(=O)[nH]1)c1ccc(I)cc1. The third-order valence-electron chi connectivity index (χ3n) is 2.46. The highest BCUT2D eigenvalue weighted by Gasteiger charge is 1.99. The van der Waals surface area contributed by atoms with E-state index in [9.17, 15) is 4.79 Å². The molecule has 2 N–H and O–H groups in total. The Bertz CT molecular complexity index is 661. The third kappa shape index (κ3) is 3.88. The first-order chi connectivity index (χ1) is 9.04. The maximum Gasteiger partial charge on any atom is 0.252 e. The van der Waals surface area contributed by atoms with Crippen molar-refractivity contribution < 1.29 is 0 Å². The van der Waals surface area contributed by atoms with E-state index in [1.165, 1.54) is 9.64 Å². The van der Waals surface area contributed by atoms with Crippen molar-refractivity contribution in [3.05, 3.63) is 55.5 Å². The molecule has 0 bridgehead atoms. The van der Waals surface area contributed by atoms with Gasteiger partial charge in [0.05, 0.1) is 5.71 Å². The number of halogens is 1. The van der Waals surface area contributed by atoms with Crippen molar-refractivity contribution in [1.82, 2.24) is 9.97 Å². The topological polar surface area (TPSA) is 70.1 Å². The minimum Gasteiger partial charge on any atom is -0.291 e. The monoisotopic (exact) mass is 368 g/mol. The number of aromatic nitrogens is 2. The summed E-state index contributed by atoms with van der Waals surface area (Å²) in [4.78, 5) is 18.0. The third-order valence-corrected chi connectivity index (χ3v) is 3.18. The fourth-order valence-corrected chi connectivity index (χ4v) is 1.88. The maximum atomic E-state index is 11.3. The number of hydrazone groups is 1. The van der Waals surface area contributed by atoms with Gasteiger partial charge in [0.15, 0.2) is 0 Å². The summed E-state index contributed by atoms with van der Waals surface area (Å²) >= 11 is 2.25. The van der Waals surface area contributed by atoms with Gasteiger partial charge < -0.3 is 0 Å². The molecule has 19 heavy (non-hydrogen) atoms. The molecule has 1 aromatic heterocycles. The number of anilines is 1. The lowest BCUT2D eigenvalue weighted by atomic mass is 10.1. The lowest BCUT2D eigenvalue weighted by molar-refractivity contribution is 1.04. The van der Waals surface area contributed by atoms with E-state index in [1.54, 1.807) is 6.92 Å². The van der Waals surface area contributed by atoms with Gasteiger partial charge in [-0.3, -0.25) is 9.78 Å². The molecule has 1 aromatic carbocycles. The number of nitrogens with one attached hydrogen (secondary N) is 2. The zero-order valence-electron chi connectivity index (χ0n) is 10.6. The summed E-state index contributed by atoms with van der Waals surface area (Å²) in [6.07, 6.45) is 0. The molecule has 0 spiro atoms. The molecular weight excluding hydrogens is 355 g/mol. The average molecular weight is 368 g/mol. The van der Waals surface area contributed by atoms with Crippen LogP contribution in [0.5, 0.6) is 0 Å². The molecule has 98 valence electrons. The van der Waals surface area contributed by atoms with Crippen LogP contribution in [0, 0.1) is 10.5 Å². The van der Waals surface area contributed by atoms with Crippen LogP contribution < -0.4 is 11.0 Å². The minimum absolute atomic E-state index is 0.197. The number of hydrogen-bond acceptors (Lipinski definition) is 4. The quantitative estimate of drug-likeness (QED) is 0.497. The highest BCUT2D eigenvalue weighted by atomic mass is 127. The standard InChI is InChI=1S/C13H13IN4O/c1-8-7-12(19)16-13(15-8)18-17-9(2)10-3-5-11(14)6-4-10/h3-7H,1-2H3,(H2,15,16,18,19)/b17-9-. The van der Waals surface area contributed by atoms with Crippen LogP contribution >= 0.6 is 22.6 Å². The van der Waals surface area contributed by atoms with Gasteiger partial charge in [0.25, 0.3) is 5.56 Å². The first-order valence-corrected chi connectivity index (χ1v) is 6.77. The number of H-pyrrole nitrogens is 1. The van der Waals surface area contributed by atoms with E-state index in [0.717, 1.165) is 11.3 Å². The number of benzene rings is 1. The second-order valence-corrected chi connectivity index (χ2v) is 5.30. The van der Waals surface area contributed by atoms with Gasteiger partial charge in [0.1, 0.15) is 0 Å². The van der Waals surface area contributed by atoms with Gasteiger partial charge in [0.2, 0.25) is 5.95 Å². The van der Waals surface area contributed by atoms with E-state index in [-0.39, 0.29) is 5.56 Å². The van der Waals surface area contributed by atoms with Crippen LogP contribution in [0.4, 0.5) is 5.95 Å². The van der Waals surface area contributed by atoms with E-state index in [0.29, 0.717) is 11.6 Å². The number of aromatic amines is 1. The van der Waals surface area contributed by atoms with Crippen molar-refractivity contribution in [1.29, 1.82) is 0 Å². The van der Waals surface area contributed by atoms with Gasteiger partial charge >= 0.3 is 0 Å². The molecule has 6 heteroatoms. The van der Waals surface area contributed by atoms with Crippen LogP contribution in [-0.2, 0) is 0 Å². The molecule has 0 amide bonds. The summed E-state index contributed by atoms with van der Waals surface area (Å²) in [5.41, 5.74) is 5.04. The van der Waals surface area contributed by atoms with Gasteiger partial charge in [0, 0.05) is 15.3 Å². The summed E-state index contributed by atoms with van der Waals surface area (Å²) in [5.74, 6) is 0.342. The molecule has 0 fully saturated rings. The Balaban J connectivity index is 2.17. The van der Waals surface area contributed by atoms with Gasteiger partial charge in [-0.25, -0.2) is 10.4 Å². The molecule has 0 aliphatic carbocycles. The van der Waals surface area contributed by atoms with Gasteiger partial charge in [-0.1, -0.05) is 12.1 Å². The zero-order chi connectivity index (χ0) is 13.8. The summed E-state index contributed by atoms with van der Waals surface area (Å²) in [5, 5.41) is 4.21. The molecular formula is C13H13IN4O. The van der Waals surface area contributed by atoms with Gasteiger partial charge in [-0.2, -0.15) is 5.10 Å². The molecule has 2 rings (SSSR count). The second kappa shape index (κ2) is 5.96. The van der Waals surface area contributed by atoms with Crippen LogP contribution in [0.15, 0.2) is 40.2 Å². The summed E-state index contributed by atoms with van der Waals surface area (Å²) in [6, 6.07) is 9.45. The predicted molar refractivity (Wildman–Crippen MR) is 84.6 cm³/mol. The van der Waals surface area contributed by atoms with Gasteiger partial charge in [-0.15, -0.1) is 0 Å². The van der Waals surface area contributed by atoms with Crippen LogP contribution in [0.3, 0.4) is 0 Å². The molecule has 1 heterocycles. The Hall–Kier alpha value is -1.70. The molecule has 5 nitrogen and oxygen atoms in total. The number of hydrogen-bond donors (Lipinski definition) is 2. The van der Waals surface area contributed by atoms with Crippen molar-refractivity contribution in [3.63, 3.8) is 0 Å². The number of aryl methyl sites for hydroxylation is 1. The van der Waals surface area contributed by atoms with E-state index >= 15 is 0 Å². The normalized spacial score (nSPS) is 11.4. The largest absolute Gasteiger partial charge is 0.291 e. The fourth-order valence-electron chi connectivity index (χ4n) is 1.52. The lowest BCUT2D eigenvalue weighted by Crippen LogP contribution is -2.11. The Morgan fingerprint density at radius 1 is 1.37 bits per heavy atom. The number of nitrogens with zero attached hydrogens (tertiary/aromatic N) is 2. The van der Waals surface area contributed by atoms with Crippen molar-refractivity contribution in [2.24, 2.45) is 5.10 Å². The van der Waals surface area contributed by atoms with Crippen molar-refractivity contribution in [2.75, 3.05) is 5.43 Å². The Morgan fingerprint density at radius 2 is 2.05 bits per heavy atom. The minimum atomic E-state index is -0.197. The first-order valence-electron chi connectivity index (χ1n) is 5.69. The van der Waals surface area contributed by atoms with E-state index in [4.69, 9.17) is 0 Å². The molecule has 0 aliphatic heterocycles. The predicted octanol–water partition coefficient (Wildman–Crippen LogP) is 2.52. The van der Waals surface area contributed by atoms with Crippen LogP contribution in [0.1, 0.15) is 18.2 Å². The van der Waals surface area contributed by atoms with E-state index in [2.05, 4.69) is 43.1 Å². The average Bonchev–Trinajstić information content (AvgIpc) is 2.36. The Kier molecular flexibility index (Phi) is 4.31. The summed E-state index contributed by atoms with van der Waals surface area (Å²) < 4.78 is 1.17. The summed E-state index contributed by atoms with van der Waals surface area (Å²) in [6.45, 7) is 3.65. The zero-order valence-corrected chi connectivity index (χ0v) is 12.7. The molecule has 0 atom stereocenters. The Labute approximate surface area is 124 Å². The van der Waals surface area contributed by atoms with E-state index in [1.807, 2.05) is 31.2 Å². The Morgan fingerprint density at radius 3 is 2.68 bits per heavy atom. The maximum absolute atomic E-state index is 11.3. The first kappa shape index (κ1) is 13.7. The fraction of sp³-hybridized carbons (Fsp3) is 0.154. The van der Waals surface area contributed by atoms with Crippen molar-refractivity contribution in [2.45, 2.75) is 13.8 Å². The molecule has 0 radical (unpaired) electrons. The van der Waals surface area contributed by atoms with Crippen molar-refractivity contribution >= 4 is 34.3 Å². The highest BCUT2D eigenvalue weighted by Crippen LogP contribution is 2.08. The lowest BCUT2D eigenvalue weighted by Gasteiger charge is -2.03. The molecule has 0 unspecified atom stereocenters.